The standard InChI is InChI=1S/C5H6IN3O2/c1-11-5(10)3-2(7)4(6)9-8-3/h7H2,1H3,(H,8,9). The summed E-state index contributed by atoms with van der Waals surface area (Å²) in [4.78, 5) is 10.9. The first-order valence-electron chi connectivity index (χ1n) is 2.74. The van der Waals surface area contributed by atoms with Crippen LogP contribution in [0.15, 0.2) is 0 Å². The Morgan fingerprint density at radius 1 is 1.82 bits per heavy atom. The third kappa shape index (κ3) is 1.44. The van der Waals surface area contributed by atoms with Crippen molar-refractivity contribution in [2.24, 2.45) is 0 Å². The number of carbonyl (C=O) groups is 1. The molecule has 0 atom stereocenters. The number of nitrogens with one attached hydrogen (secondary N) is 1. The van der Waals surface area contributed by atoms with Gasteiger partial charge in [-0.2, -0.15) is 5.10 Å². The summed E-state index contributed by atoms with van der Waals surface area (Å²) < 4.78 is 5.07. The summed E-state index contributed by atoms with van der Waals surface area (Å²) in [6.07, 6.45) is 0. The highest BCUT2D eigenvalue weighted by Crippen LogP contribution is 2.15. The third-order valence-electron chi connectivity index (χ3n) is 1.14. The smallest absolute Gasteiger partial charge is 0.360 e. The average Bonchev–Trinajstić information content (AvgIpc) is 2.32. The molecule has 1 rings (SSSR count). The fraction of sp³-hybridized carbons (Fsp3) is 0.200. The Labute approximate surface area is 76.4 Å². The summed E-state index contributed by atoms with van der Waals surface area (Å²) in [5.41, 5.74) is 5.94. The van der Waals surface area contributed by atoms with E-state index < -0.39 is 5.97 Å². The number of H-pyrrole nitrogens is 1. The summed E-state index contributed by atoms with van der Waals surface area (Å²) in [5, 5.41) is 6.22. The van der Waals surface area contributed by atoms with Crippen LogP contribution in [0.5, 0.6) is 0 Å². The molecule has 0 aliphatic heterocycles. The molecule has 0 amide bonds. The zero-order valence-electron chi connectivity index (χ0n) is 5.72. The maximum absolute atomic E-state index is 10.9. The first kappa shape index (κ1) is 8.31. The minimum absolute atomic E-state index is 0.136. The molecule has 11 heavy (non-hydrogen) atoms. The predicted molar refractivity (Wildman–Crippen MR) is 47.1 cm³/mol. The van der Waals surface area contributed by atoms with Gasteiger partial charge in [-0.15, -0.1) is 0 Å². The monoisotopic (exact) mass is 267 g/mol. The number of aromatic nitrogens is 2. The zero-order valence-corrected chi connectivity index (χ0v) is 7.88. The van der Waals surface area contributed by atoms with Crippen LogP contribution in [-0.2, 0) is 4.74 Å². The number of aromatic amines is 1. The highest BCUT2D eigenvalue weighted by atomic mass is 127. The van der Waals surface area contributed by atoms with Gasteiger partial charge in [-0.3, -0.25) is 5.10 Å². The van der Waals surface area contributed by atoms with Crippen molar-refractivity contribution in [1.82, 2.24) is 10.2 Å². The van der Waals surface area contributed by atoms with Gasteiger partial charge in [0.15, 0.2) is 5.69 Å². The minimum atomic E-state index is -0.526. The van der Waals surface area contributed by atoms with E-state index in [2.05, 4.69) is 14.9 Å². The molecule has 0 spiro atoms. The Balaban J connectivity index is 3.04. The average molecular weight is 267 g/mol. The molecule has 0 aliphatic carbocycles. The molecule has 60 valence electrons. The van der Waals surface area contributed by atoms with Crippen molar-refractivity contribution in [2.45, 2.75) is 0 Å². The second-order valence-electron chi connectivity index (χ2n) is 1.79. The van der Waals surface area contributed by atoms with E-state index in [9.17, 15) is 4.79 Å². The molecule has 6 heteroatoms. The third-order valence-corrected chi connectivity index (χ3v) is 1.96. The van der Waals surface area contributed by atoms with Crippen LogP contribution in [0.25, 0.3) is 0 Å². The summed E-state index contributed by atoms with van der Waals surface area (Å²) in [6, 6.07) is 0. The van der Waals surface area contributed by atoms with Gasteiger partial charge in [0.05, 0.1) is 12.8 Å². The van der Waals surface area contributed by atoms with Crippen LogP contribution in [-0.4, -0.2) is 23.3 Å². The number of rotatable bonds is 1. The lowest BCUT2D eigenvalue weighted by Gasteiger charge is -1.93. The van der Waals surface area contributed by atoms with Gasteiger partial charge >= 0.3 is 5.97 Å². The molecule has 0 saturated carbocycles. The van der Waals surface area contributed by atoms with E-state index in [1.54, 1.807) is 0 Å². The molecule has 0 unspecified atom stereocenters. The second kappa shape index (κ2) is 3.07. The number of nitrogens with zero attached hydrogens (tertiary/aromatic N) is 1. The van der Waals surface area contributed by atoms with Crippen LogP contribution in [0.2, 0.25) is 0 Å². The van der Waals surface area contributed by atoms with Crippen LogP contribution in [0.1, 0.15) is 10.5 Å². The Morgan fingerprint density at radius 3 is 2.82 bits per heavy atom. The highest BCUT2D eigenvalue weighted by Gasteiger charge is 2.15. The topological polar surface area (TPSA) is 81.0 Å². The summed E-state index contributed by atoms with van der Waals surface area (Å²) in [5.74, 6) is -0.526. The van der Waals surface area contributed by atoms with Gasteiger partial charge < -0.3 is 10.5 Å². The Bertz CT molecular complexity index is 283. The van der Waals surface area contributed by atoms with Crippen molar-refractivity contribution in [3.8, 4) is 0 Å². The van der Waals surface area contributed by atoms with Crippen LogP contribution in [0.4, 0.5) is 5.69 Å². The van der Waals surface area contributed by atoms with Gasteiger partial charge in [0.25, 0.3) is 0 Å². The normalized spacial score (nSPS) is 9.64. The molecular weight excluding hydrogens is 261 g/mol. The number of hydrogen-bond acceptors (Lipinski definition) is 4. The van der Waals surface area contributed by atoms with Crippen molar-refractivity contribution in [2.75, 3.05) is 12.8 Å². The first-order chi connectivity index (χ1) is 5.16. The van der Waals surface area contributed by atoms with Crippen LogP contribution in [0.3, 0.4) is 0 Å². The summed E-state index contributed by atoms with van der Waals surface area (Å²) >= 11 is 1.94. The number of carbonyl (C=O) groups excluding carboxylic acids is 1. The number of esters is 1. The van der Waals surface area contributed by atoms with Crippen LogP contribution >= 0.6 is 22.6 Å². The molecule has 1 heterocycles. The lowest BCUT2D eigenvalue weighted by molar-refractivity contribution is 0.0595. The molecule has 0 radical (unpaired) electrons. The number of halogens is 1. The van der Waals surface area contributed by atoms with E-state index in [-0.39, 0.29) is 5.69 Å². The quantitative estimate of drug-likeness (QED) is 0.569. The largest absolute Gasteiger partial charge is 0.464 e. The predicted octanol–water partition coefficient (Wildman–Crippen LogP) is 0.383. The van der Waals surface area contributed by atoms with Crippen molar-refractivity contribution < 1.29 is 9.53 Å². The summed E-state index contributed by atoms with van der Waals surface area (Å²) in [6.45, 7) is 0. The molecule has 0 bridgehead atoms. The van der Waals surface area contributed by atoms with Crippen LogP contribution < -0.4 is 5.73 Å². The molecule has 0 fully saturated rings. The van der Waals surface area contributed by atoms with E-state index in [0.717, 1.165) is 0 Å². The molecular formula is C5H6IN3O2. The fourth-order valence-electron chi connectivity index (χ4n) is 0.582. The Morgan fingerprint density at radius 2 is 2.45 bits per heavy atom. The highest BCUT2D eigenvalue weighted by molar-refractivity contribution is 14.1. The number of nitrogens with two attached hydrogens (primary N) is 1. The molecule has 5 nitrogen and oxygen atoms in total. The van der Waals surface area contributed by atoms with E-state index in [4.69, 9.17) is 5.73 Å². The summed E-state index contributed by atoms with van der Waals surface area (Å²) in [7, 11) is 1.28. The zero-order chi connectivity index (χ0) is 8.43. The van der Waals surface area contributed by atoms with E-state index in [1.165, 1.54) is 7.11 Å². The van der Waals surface area contributed by atoms with Crippen molar-refractivity contribution in [3.63, 3.8) is 0 Å². The molecule has 3 N–H and O–H groups in total. The van der Waals surface area contributed by atoms with Crippen molar-refractivity contribution in [1.29, 1.82) is 0 Å². The SMILES string of the molecule is COC(=O)c1n[nH]c(I)c1N. The molecule has 1 aromatic rings. The maximum atomic E-state index is 10.9. The van der Waals surface area contributed by atoms with Crippen molar-refractivity contribution in [3.05, 3.63) is 9.39 Å². The molecule has 0 aliphatic rings. The van der Waals surface area contributed by atoms with Gasteiger partial charge in [0.2, 0.25) is 0 Å². The van der Waals surface area contributed by atoms with Crippen molar-refractivity contribution >= 4 is 34.2 Å². The van der Waals surface area contributed by atoms with Gasteiger partial charge in [0.1, 0.15) is 3.70 Å². The Hall–Kier alpha value is -0.790. The second-order valence-corrected chi connectivity index (χ2v) is 2.87. The minimum Gasteiger partial charge on any atom is -0.464 e. The molecule has 1 aromatic heterocycles. The molecule has 0 aromatic carbocycles. The number of nitrogen functional groups attached to an aromatic ring is 1. The lowest BCUT2D eigenvalue weighted by Crippen LogP contribution is -2.04. The number of hydrogen-bond donors (Lipinski definition) is 2. The molecule has 0 saturated heterocycles. The first-order valence-corrected chi connectivity index (χ1v) is 3.82. The van der Waals surface area contributed by atoms with Gasteiger partial charge in [0, 0.05) is 0 Å². The van der Waals surface area contributed by atoms with Crippen LogP contribution in [0, 0.1) is 3.70 Å². The number of methoxy groups -OCH3 is 1. The Kier molecular flexibility index (Phi) is 2.32. The van der Waals surface area contributed by atoms with E-state index in [1.807, 2.05) is 22.6 Å². The fourth-order valence-corrected chi connectivity index (χ4v) is 0.958. The van der Waals surface area contributed by atoms with Gasteiger partial charge in [-0.25, -0.2) is 4.79 Å². The van der Waals surface area contributed by atoms with E-state index >= 15 is 0 Å². The number of ether oxygens (including phenoxy) is 1. The maximum Gasteiger partial charge on any atom is 0.360 e. The van der Waals surface area contributed by atoms with Gasteiger partial charge in [-0.1, -0.05) is 0 Å². The number of anilines is 1. The lowest BCUT2D eigenvalue weighted by atomic mass is 10.4. The van der Waals surface area contributed by atoms with E-state index in [0.29, 0.717) is 9.39 Å². The van der Waals surface area contributed by atoms with Gasteiger partial charge in [-0.05, 0) is 22.6 Å².